The van der Waals surface area contributed by atoms with E-state index < -0.39 is 15.4 Å². The molecule has 6 rings (SSSR count). The number of carbonyl (C=O) groups is 1. The Bertz CT molecular complexity index is 1470. The van der Waals surface area contributed by atoms with Crippen LogP contribution in [0.1, 0.15) is 51.3 Å². The molecule has 2 aromatic heterocycles. The van der Waals surface area contributed by atoms with E-state index in [2.05, 4.69) is 30.0 Å². The zero-order chi connectivity index (χ0) is 27.0. The van der Waals surface area contributed by atoms with E-state index in [1.165, 1.54) is 12.3 Å². The number of sulfonamides is 1. The Hall–Kier alpha value is -3.64. The predicted molar refractivity (Wildman–Crippen MR) is 144 cm³/mol. The van der Waals surface area contributed by atoms with Crippen molar-refractivity contribution in [3.05, 3.63) is 54.7 Å². The normalized spacial score (nSPS) is 24.2. The summed E-state index contributed by atoms with van der Waals surface area (Å²) in [5.74, 6) is 0.689. The second kappa shape index (κ2) is 10.2. The van der Waals surface area contributed by atoms with Gasteiger partial charge in [0.05, 0.1) is 42.2 Å². The lowest BCUT2D eigenvalue weighted by Crippen LogP contribution is -2.49. The van der Waals surface area contributed by atoms with Gasteiger partial charge < -0.3 is 14.8 Å². The lowest BCUT2D eigenvalue weighted by Gasteiger charge is -2.38. The van der Waals surface area contributed by atoms with E-state index in [-0.39, 0.29) is 29.2 Å². The van der Waals surface area contributed by atoms with Crippen LogP contribution in [0.25, 0.3) is 11.3 Å². The number of hydrogen-bond donors (Lipinski definition) is 2. The number of anilines is 2. The van der Waals surface area contributed by atoms with Gasteiger partial charge in [-0.1, -0.05) is 12.1 Å². The van der Waals surface area contributed by atoms with Crippen molar-refractivity contribution in [2.24, 2.45) is 0 Å². The molecule has 11 nitrogen and oxygen atoms in total. The first-order chi connectivity index (χ1) is 18.8. The summed E-state index contributed by atoms with van der Waals surface area (Å²) in [5.41, 5.74) is 1.05. The Morgan fingerprint density at radius 1 is 1.05 bits per heavy atom. The Morgan fingerprint density at radius 2 is 1.79 bits per heavy atom. The van der Waals surface area contributed by atoms with Gasteiger partial charge in [-0.2, -0.15) is 0 Å². The van der Waals surface area contributed by atoms with E-state index in [0.717, 1.165) is 18.4 Å². The maximum atomic E-state index is 14.0. The van der Waals surface area contributed by atoms with Crippen molar-refractivity contribution >= 4 is 27.4 Å². The number of rotatable bonds is 9. The maximum Gasteiger partial charge on any atom is 0.238 e. The summed E-state index contributed by atoms with van der Waals surface area (Å²) in [6.45, 7) is 2.38. The van der Waals surface area contributed by atoms with Crippen LogP contribution in [0.3, 0.4) is 0 Å². The van der Waals surface area contributed by atoms with Crippen molar-refractivity contribution in [1.29, 1.82) is 0 Å². The number of hydrogen-bond acceptors (Lipinski definition) is 9. The minimum absolute atomic E-state index is 0.0801. The maximum absolute atomic E-state index is 14.0. The molecule has 3 aliphatic rings. The van der Waals surface area contributed by atoms with Gasteiger partial charge in [-0.25, -0.2) is 23.4 Å². The Kier molecular flexibility index (Phi) is 6.67. The summed E-state index contributed by atoms with van der Waals surface area (Å²) in [7, 11) is -3.50. The second-order valence-corrected chi connectivity index (χ2v) is 12.2. The van der Waals surface area contributed by atoms with Crippen LogP contribution in [0.5, 0.6) is 5.88 Å². The van der Waals surface area contributed by atoms with E-state index >= 15 is 0 Å². The number of benzene rings is 1. The van der Waals surface area contributed by atoms with E-state index in [9.17, 15) is 13.2 Å². The SMILES string of the molecule is CCOc1cncc(-c2ccc(NC(=O)C3(c4nccc(NS(=O)(=O)C5CC5)n4)CC4CCC(C3)O4)cc2)n1. The third kappa shape index (κ3) is 5.30. The molecule has 2 unspecified atom stereocenters. The van der Waals surface area contributed by atoms with Crippen LogP contribution in [0.15, 0.2) is 48.9 Å². The number of nitrogens with one attached hydrogen (secondary N) is 2. The molecule has 0 spiro atoms. The molecule has 2 bridgehead atoms. The summed E-state index contributed by atoms with van der Waals surface area (Å²) in [4.78, 5) is 31.7. The van der Waals surface area contributed by atoms with Gasteiger partial charge in [0.15, 0.2) is 0 Å². The smallest absolute Gasteiger partial charge is 0.238 e. The summed E-state index contributed by atoms with van der Waals surface area (Å²) in [6.07, 6.45) is 8.43. The average molecular weight is 551 g/mol. The van der Waals surface area contributed by atoms with Crippen LogP contribution in [-0.2, 0) is 25.0 Å². The molecular formula is C27H30N6O5S. The topological polar surface area (TPSA) is 145 Å². The third-order valence-electron chi connectivity index (χ3n) is 7.42. The second-order valence-electron chi connectivity index (χ2n) is 10.3. The number of fused-ring (bicyclic) bond motifs is 2. The van der Waals surface area contributed by atoms with Crippen LogP contribution < -0.4 is 14.8 Å². The molecule has 4 heterocycles. The lowest BCUT2D eigenvalue weighted by atomic mass is 9.75. The Balaban J connectivity index is 1.26. The summed E-state index contributed by atoms with van der Waals surface area (Å²) in [5, 5.41) is 2.67. The van der Waals surface area contributed by atoms with Gasteiger partial charge in [0.25, 0.3) is 0 Å². The van der Waals surface area contributed by atoms with Crippen molar-refractivity contribution in [1.82, 2.24) is 19.9 Å². The number of aromatic nitrogens is 4. The van der Waals surface area contributed by atoms with Gasteiger partial charge in [-0.3, -0.25) is 14.5 Å². The number of amides is 1. The minimum atomic E-state index is -3.50. The van der Waals surface area contributed by atoms with E-state index in [1.807, 2.05) is 31.2 Å². The molecule has 1 saturated carbocycles. The molecule has 2 saturated heterocycles. The van der Waals surface area contributed by atoms with E-state index in [1.54, 1.807) is 12.4 Å². The van der Waals surface area contributed by atoms with Gasteiger partial charge in [0, 0.05) is 17.4 Å². The Labute approximate surface area is 226 Å². The highest BCUT2D eigenvalue weighted by Gasteiger charge is 2.52. The molecule has 2 aliphatic heterocycles. The summed E-state index contributed by atoms with van der Waals surface area (Å²) >= 11 is 0. The predicted octanol–water partition coefficient (Wildman–Crippen LogP) is 3.45. The quantitative estimate of drug-likeness (QED) is 0.409. The zero-order valence-electron chi connectivity index (χ0n) is 21.5. The first-order valence-corrected chi connectivity index (χ1v) is 14.8. The molecule has 39 heavy (non-hydrogen) atoms. The molecule has 3 aromatic rings. The highest BCUT2D eigenvalue weighted by Crippen LogP contribution is 2.45. The van der Waals surface area contributed by atoms with Crippen LogP contribution in [0, 0.1) is 0 Å². The standard InChI is InChI=1S/C27H30N6O5S/c1-2-37-24-16-28-15-22(31-24)17-3-5-18(6-4-17)30-26(34)27(13-19-7-8-20(14-27)38-19)25-29-12-11-23(32-25)33-39(35,36)21-9-10-21/h3-6,11-12,15-16,19-21H,2,7-10,13-14H2,1H3,(H,30,34)(H,29,32,33). The first kappa shape index (κ1) is 25.6. The molecule has 1 aliphatic carbocycles. The van der Waals surface area contributed by atoms with Gasteiger partial charge in [-0.15, -0.1) is 0 Å². The van der Waals surface area contributed by atoms with Crippen molar-refractivity contribution in [2.45, 2.75) is 68.3 Å². The highest BCUT2D eigenvalue weighted by molar-refractivity contribution is 7.93. The van der Waals surface area contributed by atoms with E-state index in [4.69, 9.17) is 9.47 Å². The van der Waals surface area contributed by atoms with Crippen LogP contribution >= 0.6 is 0 Å². The Morgan fingerprint density at radius 3 is 2.49 bits per heavy atom. The number of carbonyl (C=O) groups excluding carboxylic acids is 1. The van der Waals surface area contributed by atoms with Crippen LogP contribution in [0.2, 0.25) is 0 Å². The van der Waals surface area contributed by atoms with Crippen LogP contribution in [0.4, 0.5) is 11.5 Å². The molecule has 2 N–H and O–H groups in total. The van der Waals surface area contributed by atoms with Crippen molar-refractivity contribution in [3.8, 4) is 17.1 Å². The zero-order valence-corrected chi connectivity index (χ0v) is 22.4. The number of ether oxygens (including phenoxy) is 2. The average Bonchev–Trinajstić information content (AvgIpc) is 3.74. The molecule has 12 heteroatoms. The largest absolute Gasteiger partial charge is 0.477 e. The highest BCUT2D eigenvalue weighted by atomic mass is 32.2. The molecular weight excluding hydrogens is 520 g/mol. The summed E-state index contributed by atoms with van der Waals surface area (Å²) in [6, 6.07) is 8.86. The fourth-order valence-electron chi connectivity index (χ4n) is 5.34. The molecule has 0 radical (unpaired) electrons. The third-order valence-corrected chi connectivity index (χ3v) is 9.26. The number of nitrogens with zero attached hydrogens (tertiary/aromatic N) is 4. The van der Waals surface area contributed by atoms with Gasteiger partial charge in [-0.05, 0) is 63.6 Å². The first-order valence-electron chi connectivity index (χ1n) is 13.2. The summed E-state index contributed by atoms with van der Waals surface area (Å²) < 4.78 is 39.1. The molecule has 204 valence electrons. The molecule has 3 fully saturated rings. The van der Waals surface area contributed by atoms with Crippen molar-refractivity contribution < 1.29 is 22.7 Å². The van der Waals surface area contributed by atoms with Gasteiger partial charge in [0.2, 0.25) is 21.8 Å². The van der Waals surface area contributed by atoms with Crippen molar-refractivity contribution in [3.63, 3.8) is 0 Å². The van der Waals surface area contributed by atoms with Gasteiger partial charge in [0.1, 0.15) is 17.1 Å². The van der Waals surface area contributed by atoms with Gasteiger partial charge >= 0.3 is 0 Å². The fraction of sp³-hybridized carbons (Fsp3) is 0.444. The lowest BCUT2D eigenvalue weighted by molar-refractivity contribution is -0.129. The van der Waals surface area contributed by atoms with Crippen LogP contribution in [-0.4, -0.2) is 58.3 Å². The monoisotopic (exact) mass is 550 g/mol. The molecule has 2 atom stereocenters. The van der Waals surface area contributed by atoms with Crippen molar-refractivity contribution in [2.75, 3.05) is 16.6 Å². The van der Waals surface area contributed by atoms with E-state index in [0.29, 0.717) is 55.4 Å². The fourth-order valence-corrected chi connectivity index (χ4v) is 6.67. The molecule has 1 amide bonds. The minimum Gasteiger partial charge on any atom is -0.477 e. The molecule has 1 aromatic carbocycles.